The van der Waals surface area contributed by atoms with Gasteiger partial charge in [0.1, 0.15) is 11.8 Å². The molecule has 6 heteroatoms. The van der Waals surface area contributed by atoms with Crippen LogP contribution < -0.4 is 10.1 Å². The van der Waals surface area contributed by atoms with Crippen molar-refractivity contribution in [1.29, 1.82) is 0 Å². The summed E-state index contributed by atoms with van der Waals surface area (Å²) in [6, 6.07) is 12.8. The molecule has 1 saturated carbocycles. The van der Waals surface area contributed by atoms with E-state index in [9.17, 15) is 9.59 Å². The summed E-state index contributed by atoms with van der Waals surface area (Å²) in [4.78, 5) is 27.6. The van der Waals surface area contributed by atoms with Crippen molar-refractivity contribution in [3.63, 3.8) is 0 Å². The number of ether oxygens (including phenoxy) is 1. The van der Waals surface area contributed by atoms with Crippen LogP contribution in [0.1, 0.15) is 49.3 Å². The van der Waals surface area contributed by atoms with Crippen LogP contribution in [-0.4, -0.2) is 35.4 Å². The molecule has 0 aromatic heterocycles. The van der Waals surface area contributed by atoms with Crippen molar-refractivity contribution in [2.75, 3.05) is 6.61 Å². The second-order valence-electron chi connectivity index (χ2n) is 8.37. The highest BCUT2D eigenvalue weighted by molar-refractivity contribution is 6.30. The van der Waals surface area contributed by atoms with Gasteiger partial charge in [-0.3, -0.25) is 9.59 Å². The number of nitrogens with zero attached hydrogens (tertiary/aromatic N) is 1. The third-order valence-electron chi connectivity index (χ3n) is 5.82. The van der Waals surface area contributed by atoms with Crippen molar-refractivity contribution in [3.8, 4) is 5.75 Å². The van der Waals surface area contributed by atoms with Crippen molar-refractivity contribution in [1.82, 2.24) is 10.2 Å². The highest BCUT2D eigenvalue weighted by Gasteiger charge is 2.28. The number of halogens is 1. The summed E-state index contributed by atoms with van der Waals surface area (Å²) in [5, 5.41) is 3.73. The van der Waals surface area contributed by atoms with E-state index in [2.05, 4.69) is 5.32 Å². The lowest BCUT2D eigenvalue weighted by Gasteiger charge is -2.29. The van der Waals surface area contributed by atoms with Gasteiger partial charge in [-0.05, 0) is 62.9 Å². The van der Waals surface area contributed by atoms with Gasteiger partial charge < -0.3 is 15.0 Å². The molecule has 2 amide bonds. The molecule has 0 saturated heterocycles. The van der Waals surface area contributed by atoms with Gasteiger partial charge in [-0.15, -0.1) is 0 Å². The van der Waals surface area contributed by atoms with Crippen LogP contribution in [-0.2, 0) is 16.1 Å². The van der Waals surface area contributed by atoms with Crippen LogP contribution in [0.2, 0.25) is 5.02 Å². The minimum Gasteiger partial charge on any atom is -0.483 e. The monoisotopic (exact) mass is 442 g/mol. The molecule has 0 bridgehead atoms. The molecule has 1 aliphatic carbocycles. The third kappa shape index (κ3) is 6.47. The largest absolute Gasteiger partial charge is 0.483 e. The number of rotatable bonds is 8. The van der Waals surface area contributed by atoms with Crippen LogP contribution >= 0.6 is 11.6 Å². The first-order valence-electron chi connectivity index (χ1n) is 10.9. The van der Waals surface area contributed by atoms with E-state index in [1.165, 1.54) is 0 Å². The second-order valence-corrected chi connectivity index (χ2v) is 8.81. The summed E-state index contributed by atoms with van der Waals surface area (Å²) >= 11 is 6.00. The lowest BCUT2D eigenvalue weighted by Crippen LogP contribution is -2.50. The molecule has 0 radical (unpaired) electrons. The summed E-state index contributed by atoms with van der Waals surface area (Å²) in [7, 11) is 0. The molecule has 1 N–H and O–H groups in total. The lowest BCUT2D eigenvalue weighted by molar-refractivity contribution is -0.142. The van der Waals surface area contributed by atoms with Gasteiger partial charge in [0.25, 0.3) is 5.91 Å². The van der Waals surface area contributed by atoms with E-state index >= 15 is 0 Å². The fraction of sp³-hybridized carbons (Fsp3) is 0.440. The van der Waals surface area contributed by atoms with Crippen molar-refractivity contribution < 1.29 is 14.3 Å². The number of carbonyl (C=O) groups is 2. The smallest absolute Gasteiger partial charge is 0.261 e. The van der Waals surface area contributed by atoms with Crippen LogP contribution in [0.5, 0.6) is 5.75 Å². The summed E-state index contributed by atoms with van der Waals surface area (Å²) in [5.74, 6) is 0.318. The van der Waals surface area contributed by atoms with Crippen molar-refractivity contribution in [2.45, 2.75) is 65.1 Å². The summed E-state index contributed by atoms with van der Waals surface area (Å²) in [6.07, 6.45) is 4.27. The van der Waals surface area contributed by atoms with Gasteiger partial charge in [0.15, 0.2) is 6.61 Å². The Hall–Kier alpha value is -2.53. The highest BCUT2D eigenvalue weighted by Crippen LogP contribution is 2.21. The molecule has 2 aromatic rings. The molecule has 1 aliphatic rings. The van der Waals surface area contributed by atoms with Gasteiger partial charge in [0, 0.05) is 17.6 Å². The van der Waals surface area contributed by atoms with E-state index in [4.69, 9.17) is 16.3 Å². The summed E-state index contributed by atoms with van der Waals surface area (Å²) < 4.78 is 5.81. The number of nitrogens with one attached hydrogen (secondary N) is 1. The Morgan fingerprint density at radius 1 is 1.13 bits per heavy atom. The van der Waals surface area contributed by atoms with Gasteiger partial charge in [-0.2, -0.15) is 0 Å². The third-order valence-corrected chi connectivity index (χ3v) is 6.07. The Kier molecular flexibility index (Phi) is 7.97. The average Bonchev–Trinajstić information content (AvgIpc) is 3.25. The predicted octanol–water partition coefficient (Wildman–Crippen LogP) is 4.81. The SMILES string of the molecule is Cc1ccc(OCC(=O)N(Cc2ccc(Cl)cc2)C(C)C(=O)NC2CCCC2)c(C)c1. The molecule has 0 aliphatic heterocycles. The van der Waals surface area contributed by atoms with Gasteiger partial charge in [-0.1, -0.05) is 54.3 Å². The summed E-state index contributed by atoms with van der Waals surface area (Å²) in [6.45, 7) is 5.93. The maximum Gasteiger partial charge on any atom is 0.261 e. The molecule has 3 rings (SSSR count). The molecular formula is C25H31ClN2O3. The van der Waals surface area contributed by atoms with Crippen molar-refractivity contribution in [2.24, 2.45) is 0 Å². The molecular weight excluding hydrogens is 412 g/mol. The molecule has 0 spiro atoms. The van der Waals surface area contributed by atoms with Crippen molar-refractivity contribution in [3.05, 3.63) is 64.2 Å². The average molecular weight is 443 g/mol. The van der Waals surface area contributed by atoms with Crippen LogP contribution in [0.4, 0.5) is 0 Å². The quantitative estimate of drug-likeness (QED) is 0.638. The van der Waals surface area contributed by atoms with Gasteiger partial charge in [-0.25, -0.2) is 0 Å². The van der Waals surface area contributed by atoms with E-state index < -0.39 is 6.04 Å². The molecule has 31 heavy (non-hydrogen) atoms. The molecule has 1 atom stereocenters. The first kappa shape index (κ1) is 23.1. The molecule has 1 unspecified atom stereocenters. The lowest BCUT2D eigenvalue weighted by atomic mass is 10.1. The maximum absolute atomic E-state index is 13.1. The van der Waals surface area contributed by atoms with E-state index in [1.54, 1.807) is 24.0 Å². The number of hydrogen-bond donors (Lipinski definition) is 1. The topological polar surface area (TPSA) is 58.6 Å². The number of benzene rings is 2. The Morgan fingerprint density at radius 3 is 2.45 bits per heavy atom. The molecule has 0 heterocycles. The molecule has 1 fully saturated rings. The molecule has 2 aromatic carbocycles. The molecule has 166 valence electrons. The second kappa shape index (κ2) is 10.7. The zero-order valence-electron chi connectivity index (χ0n) is 18.5. The summed E-state index contributed by atoms with van der Waals surface area (Å²) in [5.41, 5.74) is 3.02. The zero-order valence-corrected chi connectivity index (χ0v) is 19.2. The first-order valence-corrected chi connectivity index (χ1v) is 11.3. The van der Waals surface area contributed by atoms with Crippen LogP contribution in [0.25, 0.3) is 0 Å². The number of carbonyl (C=O) groups excluding carboxylic acids is 2. The number of hydrogen-bond acceptors (Lipinski definition) is 3. The normalized spacial score (nSPS) is 14.8. The Morgan fingerprint density at radius 2 is 1.81 bits per heavy atom. The number of aryl methyl sites for hydroxylation is 2. The Balaban J connectivity index is 1.72. The standard InChI is InChI=1S/C25H31ClN2O3/c1-17-8-13-23(18(2)14-17)31-16-24(29)28(15-20-9-11-21(26)12-10-20)19(3)25(30)27-22-6-4-5-7-22/h8-14,19,22H,4-7,15-16H2,1-3H3,(H,27,30). The van der Waals surface area contributed by atoms with Crippen LogP contribution in [0.3, 0.4) is 0 Å². The minimum atomic E-state index is -0.605. The van der Waals surface area contributed by atoms with E-state index in [-0.39, 0.29) is 24.5 Å². The van der Waals surface area contributed by atoms with Crippen LogP contribution in [0, 0.1) is 13.8 Å². The van der Waals surface area contributed by atoms with Gasteiger partial charge in [0.2, 0.25) is 5.91 Å². The Bertz CT molecular complexity index is 907. The van der Waals surface area contributed by atoms with E-state index in [0.29, 0.717) is 17.3 Å². The number of amides is 2. The molecule has 5 nitrogen and oxygen atoms in total. The fourth-order valence-electron chi connectivity index (χ4n) is 3.94. The Labute approximate surface area is 189 Å². The zero-order chi connectivity index (χ0) is 22.4. The van der Waals surface area contributed by atoms with Gasteiger partial charge in [0.05, 0.1) is 0 Å². The van der Waals surface area contributed by atoms with Crippen molar-refractivity contribution >= 4 is 23.4 Å². The maximum atomic E-state index is 13.1. The minimum absolute atomic E-state index is 0.124. The van der Waals surface area contributed by atoms with E-state index in [1.807, 2.05) is 44.2 Å². The van der Waals surface area contributed by atoms with Gasteiger partial charge >= 0.3 is 0 Å². The first-order chi connectivity index (χ1) is 14.8. The fourth-order valence-corrected chi connectivity index (χ4v) is 4.07. The highest BCUT2D eigenvalue weighted by atomic mass is 35.5. The predicted molar refractivity (Wildman–Crippen MR) is 123 cm³/mol. The van der Waals surface area contributed by atoms with E-state index in [0.717, 1.165) is 42.4 Å². The van der Waals surface area contributed by atoms with Crippen LogP contribution in [0.15, 0.2) is 42.5 Å².